The average Bonchev–Trinajstić information content (AvgIpc) is 2.77. The quantitative estimate of drug-likeness (QED) is 0.527. The van der Waals surface area contributed by atoms with Gasteiger partial charge in [-0.3, -0.25) is 4.99 Å². The van der Waals surface area contributed by atoms with Crippen LogP contribution in [0.2, 0.25) is 0 Å². The Balaban J connectivity index is 1.29. The number of hydrogen-bond acceptors (Lipinski definition) is 3. The highest BCUT2D eigenvalue weighted by atomic mass is 15.2. The van der Waals surface area contributed by atoms with Gasteiger partial charge in [0.1, 0.15) is 5.82 Å². The molecule has 0 bridgehead atoms. The maximum Gasteiger partial charge on any atom is 0.191 e. The van der Waals surface area contributed by atoms with Gasteiger partial charge in [0.2, 0.25) is 0 Å². The molecule has 3 aromatic rings. The van der Waals surface area contributed by atoms with Crippen LogP contribution >= 0.6 is 0 Å². The van der Waals surface area contributed by atoms with Crippen molar-refractivity contribution >= 4 is 22.5 Å². The first kappa shape index (κ1) is 19.2. The number of nitrogens with one attached hydrogen (secondary N) is 2. The molecule has 5 heteroatoms. The van der Waals surface area contributed by atoms with Crippen LogP contribution in [0, 0.1) is 6.92 Å². The summed E-state index contributed by atoms with van der Waals surface area (Å²) in [6.45, 7) is 4.82. The molecular weight excluding hydrogens is 358 g/mol. The smallest absolute Gasteiger partial charge is 0.191 e. The third-order valence-corrected chi connectivity index (χ3v) is 5.53. The molecule has 4 rings (SSSR count). The number of piperidine rings is 1. The summed E-state index contributed by atoms with van der Waals surface area (Å²) in [5.74, 6) is 1.95. The molecule has 29 heavy (non-hydrogen) atoms. The fourth-order valence-corrected chi connectivity index (χ4v) is 3.88. The van der Waals surface area contributed by atoms with Crippen molar-refractivity contribution in [2.24, 2.45) is 4.99 Å². The maximum atomic E-state index is 4.65. The summed E-state index contributed by atoms with van der Waals surface area (Å²) in [6.07, 6.45) is 2.15. The highest BCUT2D eigenvalue weighted by Gasteiger charge is 2.20. The van der Waals surface area contributed by atoms with Crippen LogP contribution in [-0.4, -0.2) is 37.1 Å². The minimum absolute atomic E-state index is 0.430. The Morgan fingerprint density at radius 3 is 2.59 bits per heavy atom. The number of pyridine rings is 1. The van der Waals surface area contributed by atoms with Crippen LogP contribution in [0.25, 0.3) is 10.8 Å². The molecule has 1 fully saturated rings. The van der Waals surface area contributed by atoms with Crippen molar-refractivity contribution in [2.75, 3.05) is 25.0 Å². The number of aromatic nitrogens is 1. The molecule has 0 atom stereocenters. The predicted molar refractivity (Wildman–Crippen MR) is 121 cm³/mol. The number of hydrogen-bond donors (Lipinski definition) is 2. The Kier molecular flexibility index (Phi) is 5.94. The summed E-state index contributed by atoms with van der Waals surface area (Å²) < 4.78 is 0. The number of benzene rings is 2. The fourth-order valence-electron chi connectivity index (χ4n) is 3.88. The van der Waals surface area contributed by atoms with Gasteiger partial charge < -0.3 is 15.5 Å². The van der Waals surface area contributed by atoms with Gasteiger partial charge >= 0.3 is 0 Å². The van der Waals surface area contributed by atoms with Gasteiger partial charge in [0, 0.05) is 38.4 Å². The third-order valence-electron chi connectivity index (χ3n) is 5.53. The van der Waals surface area contributed by atoms with Crippen LogP contribution < -0.4 is 15.5 Å². The van der Waals surface area contributed by atoms with E-state index in [1.54, 1.807) is 0 Å². The summed E-state index contributed by atoms with van der Waals surface area (Å²) in [4.78, 5) is 11.4. The maximum absolute atomic E-state index is 4.65. The lowest BCUT2D eigenvalue weighted by Gasteiger charge is -2.34. The Hall–Kier alpha value is -3.08. The van der Waals surface area contributed by atoms with Gasteiger partial charge in [0.05, 0.1) is 0 Å². The van der Waals surface area contributed by atoms with Crippen molar-refractivity contribution in [1.82, 2.24) is 15.6 Å². The van der Waals surface area contributed by atoms with Crippen LogP contribution in [0.3, 0.4) is 0 Å². The summed E-state index contributed by atoms with van der Waals surface area (Å²) in [6, 6.07) is 21.7. The van der Waals surface area contributed by atoms with Crippen LogP contribution in [0.5, 0.6) is 0 Å². The van der Waals surface area contributed by atoms with E-state index in [9.17, 15) is 0 Å². The molecule has 1 aromatic heterocycles. The second-order valence-electron chi connectivity index (χ2n) is 7.65. The highest BCUT2D eigenvalue weighted by Crippen LogP contribution is 2.18. The van der Waals surface area contributed by atoms with Crippen molar-refractivity contribution in [1.29, 1.82) is 0 Å². The molecule has 0 unspecified atom stereocenters. The SMILES string of the molecule is CN=C(NCc1ccc2ccccc2c1)NC1CCN(c2cccc(C)n2)CC1. The third kappa shape index (κ3) is 4.86. The number of aliphatic imine (C=N–C) groups is 1. The number of fused-ring (bicyclic) bond motifs is 1. The van der Waals surface area contributed by atoms with Gasteiger partial charge in [-0.2, -0.15) is 0 Å². The van der Waals surface area contributed by atoms with Gasteiger partial charge in [0.15, 0.2) is 5.96 Å². The molecule has 0 aliphatic carbocycles. The molecule has 1 aliphatic rings. The van der Waals surface area contributed by atoms with Crippen molar-refractivity contribution < 1.29 is 0 Å². The number of guanidine groups is 1. The number of rotatable bonds is 4. The largest absolute Gasteiger partial charge is 0.356 e. The molecule has 1 aliphatic heterocycles. The molecular formula is C24H29N5. The molecule has 0 amide bonds. The van der Waals surface area contributed by atoms with Crippen LogP contribution in [0.15, 0.2) is 65.7 Å². The standard InChI is InChI=1S/C24H29N5/c1-18-6-5-9-23(27-18)29-14-12-22(13-15-29)28-24(25-2)26-17-19-10-11-20-7-3-4-8-21(20)16-19/h3-11,16,22H,12-15,17H2,1-2H3,(H2,25,26,28). The summed E-state index contributed by atoms with van der Waals surface area (Å²) in [7, 11) is 1.83. The lowest BCUT2D eigenvalue weighted by Crippen LogP contribution is -2.48. The lowest BCUT2D eigenvalue weighted by molar-refractivity contribution is 0.459. The highest BCUT2D eigenvalue weighted by molar-refractivity contribution is 5.83. The van der Waals surface area contributed by atoms with Gasteiger partial charge in [-0.25, -0.2) is 4.98 Å². The van der Waals surface area contributed by atoms with E-state index in [-0.39, 0.29) is 0 Å². The van der Waals surface area contributed by atoms with E-state index in [0.29, 0.717) is 6.04 Å². The summed E-state index contributed by atoms with van der Waals surface area (Å²) in [5.41, 5.74) is 2.33. The molecule has 2 heterocycles. The lowest BCUT2D eigenvalue weighted by atomic mass is 10.1. The number of aryl methyl sites for hydroxylation is 1. The zero-order chi connectivity index (χ0) is 20.1. The average molecular weight is 388 g/mol. The number of anilines is 1. The van der Waals surface area contributed by atoms with E-state index in [4.69, 9.17) is 0 Å². The van der Waals surface area contributed by atoms with E-state index < -0.39 is 0 Å². The molecule has 0 radical (unpaired) electrons. The van der Waals surface area contributed by atoms with Crippen molar-refractivity contribution in [3.63, 3.8) is 0 Å². The Labute approximate surface area is 172 Å². The van der Waals surface area contributed by atoms with Crippen LogP contribution in [-0.2, 0) is 6.54 Å². The van der Waals surface area contributed by atoms with Gasteiger partial charge in [-0.1, -0.05) is 42.5 Å². The first-order valence-electron chi connectivity index (χ1n) is 10.3. The molecule has 5 nitrogen and oxygen atoms in total. The predicted octanol–water partition coefficient (Wildman–Crippen LogP) is 3.88. The monoisotopic (exact) mass is 387 g/mol. The number of nitrogens with zero attached hydrogens (tertiary/aromatic N) is 3. The fraction of sp³-hybridized carbons (Fsp3) is 0.333. The van der Waals surface area contributed by atoms with E-state index in [1.165, 1.54) is 16.3 Å². The van der Waals surface area contributed by atoms with Crippen LogP contribution in [0.4, 0.5) is 5.82 Å². The Morgan fingerprint density at radius 2 is 1.83 bits per heavy atom. The molecule has 0 spiro atoms. The van der Waals surface area contributed by atoms with E-state index in [1.807, 2.05) is 20.0 Å². The zero-order valence-corrected chi connectivity index (χ0v) is 17.2. The summed E-state index contributed by atoms with van der Waals surface area (Å²) in [5, 5.41) is 9.59. The molecule has 1 saturated heterocycles. The van der Waals surface area contributed by atoms with Gasteiger partial charge in [0.25, 0.3) is 0 Å². The van der Waals surface area contributed by atoms with Crippen molar-refractivity contribution in [3.8, 4) is 0 Å². The van der Waals surface area contributed by atoms with E-state index >= 15 is 0 Å². The van der Waals surface area contributed by atoms with Gasteiger partial charge in [-0.15, -0.1) is 0 Å². The first-order valence-corrected chi connectivity index (χ1v) is 10.3. The molecule has 2 N–H and O–H groups in total. The second-order valence-corrected chi connectivity index (χ2v) is 7.65. The topological polar surface area (TPSA) is 52.6 Å². The summed E-state index contributed by atoms with van der Waals surface area (Å²) >= 11 is 0. The van der Waals surface area contributed by atoms with E-state index in [2.05, 4.69) is 80.1 Å². The second kappa shape index (κ2) is 8.95. The van der Waals surface area contributed by atoms with Crippen molar-refractivity contribution in [2.45, 2.75) is 32.4 Å². The Bertz CT molecular complexity index is 989. The zero-order valence-electron chi connectivity index (χ0n) is 17.2. The molecule has 2 aromatic carbocycles. The minimum Gasteiger partial charge on any atom is -0.356 e. The van der Waals surface area contributed by atoms with Gasteiger partial charge in [-0.05, 0) is 54.3 Å². The molecule has 150 valence electrons. The molecule has 0 saturated carbocycles. The van der Waals surface area contributed by atoms with Crippen LogP contribution in [0.1, 0.15) is 24.1 Å². The van der Waals surface area contributed by atoms with Crippen molar-refractivity contribution in [3.05, 3.63) is 71.9 Å². The Morgan fingerprint density at radius 1 is 1.03 bits per heavy atom. The minimum atomic E-state index is 0.430. The van der Waals surface area contributed by atoms with E-state index in [0.717, 1.165) is 49.9 Å². The normalized spacial score (nSPS) is 15.5. The first-order chi connectivity index (χ1) is 14.2.